The fourth-order valence-electron chi connectivity index (χ4n) is 4.74. The Hall–Kier alpha value is -3.85. The molecule has 0 bridgehead atoms. The predicted molar refractivity (Wildman–Crippen MR) is 142 cm³/mol. The van der Waals surface area contributed by atoms with Gasteiger partial charge in [0, 0.05) is 44.5 Å². The van der Waals surface area contributed by atoms with E-state index in [9.17, 15) is 26.4 Å². The zero-order valence-corrected chi connectivity index (χ0v) is 22.6. The number of aromatic nitrogens is 5. The van der Waals surface area contributed by atoms with Crippen molar-refractivity contribution >= 4 is 38.2 Å². The molecule has 1 N–H and O–H groups in total. The van der Waals surface area contributed by atoms with Gasteiger partial charge in [0.05, 0.1) is 28.3 Å². The number of anilines is 1. The third kappa shape index (κ3) is 5.56. The van der Waals surface area contributed by atoms with E-state index in [1.165, 1.54) is 35.6 Å². The fourth-order valence-corrected chi connectivity index (χ4v) is 5.33. The average molecular weight is 577 g/mol. The summed E-state index contributed by atoms with van der Waals surface area (Å²) < 4.78 is 65.7. The van der Waals surface area contributed by atoms with Gasteiger partial charge in [0.15, 0.2) is 11.3 Å². The van der Waals surface area contributed by atoms with Crippen molar-refractivity contribution in [1.29, 1.82) is 0 Å². The molecular weight excluding hydrogens is 549 g/mol. The van der Waals surface area contributed by atoms with Crippen LogP contribution < -0.4 is 5.32 Å². The summed E-state index contributed by atoms with van der Waals surface area (Å²) in [7, 11) is -3.09. The molecule has 1 saturated heterocycles. The molecule has 15 heteroatoms. The highest BCUT2D eigenvalue weighted by Gasteiger charge is 2.27. The van der Waals surface area contributed by atoms with E-state index in [1.807, 2.05) is 4.90 Å². The van der Waals surface area contributed by atoms with E-state index >= 15 is 0 Å². The highest BCUT2D eigenvalue weighted by molar-refractivity contribution is 7.90. The number of rotatable bonds is 8. The molecule has 4 aromatic rings. The second-order valence-corrected chi connectivity index (χ2v) is 12.0. The van der Waals surface area contributed by atoms with Gasteiger partial charge in [-0.3, -0.25) is 9.69 Å². The summed E-state index contributed by atoms with van der Waals surface area (Å²) in [6.45, 7) is 3.85. The van der Waals surface area contributed by atoms with Gasteiger partial charge in [-0.1, -0.05) is 18.2 Å². The number of sulfone groups is 1. The highest BCUT2D eigenvalue weighted by Crippen LogP contribution is 2.31. The molecule has 0 radical (unpaired) electrons. The van der Waals surface area contributed by atoms with Crippen molar-refractivity contribution in [3.63, 3.8) is 0 Å². The van der Waals surface area contributed by atoms with Crippen LogP contribution in [0.4, 0.5) is 19.0 Å². The Bertz CT molecular complexity index is 1670. The molecule has 1 aliphatic heterocycles. The van der Waals surface area contributed by atoms with Crippen LogP contribution in [0.2, 0.25) is 0 Å². The predicted octanol–water partition coefficient (Wildman–Crippen LogP) is 2.72. The quantitative estimate of drug-likeness (QED) is 0.337. The van der Waals surface area contributed by atoms with Crippen molar-refractivity contribution in [1.82, 2.24) is 34.4 Å². The number of pyridine rings is 1. The number of fused-ring (bicyclic) bond motifs is 3. The molecule has 0 saturated carbocycles. The monoisotopic (exact) mass is 576 g/mol. The lowest BCUT2D eigenvalue weighted by Gasteiger charge is -2.34. The number of alkyl halides is 2. The van der Waals surface area contributed by atoms with Crippen molar-refractivity contribution in [2.24, 2.45) is 0 Å². The van der Waals surface area contributed by atoms with Crippen molar-refractivity contribution in [2.75, 3.05) is 50.0 Å². The van der Waals surface area contributed by atoms with Crippen LogP contribution in [0, 0.1) is 5.82 Å². The maximum atomic E-state index is 14.8. The Kier molecular flexibility index (Phi) is 7.59. The van der Waals surface area contributed by atoms with Crippen molar-refractivity contribution in [3.05, 3.63) is 59.4 Å². The maximum Gasteiger partial charge on any atom is 0.266 e. The van der Waals surface area contributed by atoms with Crippen LogP contribution >= 0.6 is 0 Å². The molecule has 4 heterocycles. The second kappa shape index (κ2) is 11.0. The van der Waals surface area contributed by atoms with Crippen molar-refractivity contribution in [3.8, 4) is 0 Å². The van der Waals surface area contributed by atoms with Gasteiger partial charge in [0.2, 0.25) is 0 Å². The summed E-state index contributed by atoms with van der Waals surface area (Å²) in [5, 5.41) is 7.70. The first-order valence-electron chi connectivity index (χ1n) is 12.5. The molecule has 1 atom stereocenters. The minimum Gasteiger partial charge on any atom is -0.363 e. The molecule has 0 aliphatic carbocycles. The number of hydrogen-bond acceptors (Lipinski definition) is 9. The van der Waals surface area contributed by atoms with Gasteiger partial charge >= 0.3 is 0 Å². The van der Waals surface area contributed by atoms with Gasteiger partial charge in [-0.05, 0) is 13.0 Å². The van der Waals surface area contributed by atoms with Crippen LogP contribution in [0.15, 0.2) is 36.9 Å². The first-order chi connectivity index (χ1) is 19.0. The van der Waals surface area contributed by atoms with E-state index in [0.717, 1.165) is 6.07 Å². The van der Waals surface area contributed by atoms with Crippen LogP contribution in [0.25, 0.3) is 16.7 Å². The van der Waals surface area contributed by atoms with Crippen molar-refractivity contribution in [2.45, 2.75) is 19.4 Å². The molecule has 1 aromatic carbocycles. The zero-order valence-electron chi connectivity index (χ0n) is 21.8. The van der Waals surface area contributed by atoms with E-state index in [-0.39, 0.29) is 28.6 Å². The molecule has 40 heavy (non-hydrogen) atoms. The number of nitrogens with zero attached hydrogens (tertiary/aromatic N) is 7. The number of carbonyl (C=O) groups is 1. The summed E-state index contributed by atoms with van der Waals surface area (Å²) in [4.78, 5) is 30.1. The topological polar surface area (TPSA) is 126 Å². The lowest BCUT2D eigenvalue weighted by Crippen LogP contribution is -2.49. The van der Waals surface area contributed by atoms with Crippen LogP contribution in [-0.2, 0) is 9.84 Å². The lowest BCUT2D eigenvalue weighted by molar-refractivity contribution is 0.0645. The normalized spacial score (nSPS) is 15.7. The second-order valence-electron chi connectivity index (χ2n) is 9.69. The van der Waals surface area contributed by atoms with Gasteiger partial charge in [0.25, 0.3) is 12.3 Å². The van der Waals surface area contributed by atoms with Gasteiger partial charge in [-0.2, -0.15) is 9.61 Å². The third-order valence-corrected chi connectivity index (χ3v) is 7.85. The molecule has 212 valence electrons. The summed E-state index contributed by atoms with van der Waals surface area (Å²) >= 11 is 0. The Morgan fingerprint density at radius 2 is 1.75 bits per heavy atom. The first kappa shape index (κ1) is 27.7. The van der Waals surface area contributed by atoms with Crippen LogP contribution in [0.3, 0.4) is 0 Å². The maximum absolute atomic E-state index is 14.8. The molecule has 0 unspecified atom stereocenters. The zero-order chi connectivity index (χ0) is 28.6. The summed E-state index contributed by atoms with van der Waals surface area (Å²) in [5.41, 5.74) is 0.251. The number of hydrogen-bond donors (Lipinski definition) is 1. The van der Waals surface area contributed by atoms with Gasteiger partial charge in [-0.25, -0.2) is 36.5 Å². The Morgan fingerprint density at radius 3 is 2.45 bits per heavy atom. The Morgan fingerprint density at radius 1 is 1.05 bits per heavy atom. The van der Waals surface area contributed by atoms with E-state index < -0.39 is 33.7 Å². The lowest BCUT2D eigenvalue weighted by atomic mass is 10.0. The van der Waals surface area contributed by atoms with E-state index in [1.54, 1.807) is 17.9 Å². The fraction of sp³-hybridized carbons (Fsp3) is 0.400. The van der Waals surface area contributed by atoms with Gasteiger partial charge < -0.3 is 10.2 Å². The third-order valence-electron chi connectivity index (χ3n) is 6.92. The number of piperazine rings is 1. The van der Waals surface area contributed by atoms with E-state index in [2.05, 4.69) is 25.4 Å². The number of amides is 1. The van der Waals surface area contributed by atoms with Gasteiger partial charge in [-0.15, -0.1) is 0 Å². The molecular formula is C25H27F3N8O3S. The highest BCUT2D eigenvalue weighted by atomic mass is 32.2. The molecule has 1 fully saturated rings. The Balaban J connectivity index is 1.44. The number of halogens is 3. The summed E-state index contributed by atoms with van der Waals surface area (Å²) in [6.07, 6.45) is 0.822. The smallest absolute Gasteiger partial charge is 0.266 e. The number of carbonyl (C=O) groups excluding carboxylic acids is 1. The standard InChI is InChI=1S/C25H27F3N8O3S/c1-15(16-4-3-5-17(20(16)26)21(27)28)33-22-18-12-19(24-31-14-32-36(24)23(18)30-13-29-22)25(37)35-8-6-34(7-9-35)10-11-40(2,38)39/h3-5,12-15,21H,6-11H2,1-2H3,(H,29,30,33)/t15-/m1/s1. The van der Waals surface area contributed by atoms with E-state index in [0.29, 0.717) is 49.4 Å². The average Bonchev–Trinajstić information content (AvgIpc) is 3.41. The summed E-state index contributed by atoms with van der Waals surface area (Å²) in [6, 6.07) is 4.68. The minimum absolute atomic E-state index is 0.0384. The minimum atomic E-state index is -3.09. The number of nitrogens with one attached hydrogen (secondary N) is 1. The molecule has 5 rings (SSSR count). The SMILES string of the molecule is C[C@@H](Nc1ncnc2c1cc(C(=O)N1CCN(CCS(C)(=O)=O)CC1)c1ncnn12)c1cccc(C(F)F)c1F. The van der Waals surface area contributed by atoms with Crippen LogP contribution in [0.5, 0.6) is 0 Å². The molecule has 1 amide bonds. The molecule has 0 spiro atoms. The Labute approximate surface area is 227 Å². The van der Waals surface area contributed by atoms with Gasteiger partial charge in [0.1, 0.15) is 34.1 Å². The largest absolute Gasteiger partial charge is 0.363 e. The van der Waals surface area contributed by atoms with Crippen LogP contribution in [0.1, 0.15) is 40.9 Å². The molecule has 3 aromatic heterocycles. The molecule has 11 nitrogen and oxygen atoms in total. The first-order valence-corrected chi connectivity index (χ1v) is 14.6. The number of benzene rings is 1. The molecule has 1 aliphatic rings. The van der Waals surface area contributed by atoms with E-state index in [4.69, 9.17) is 0 Å². The summed E-state index contributed by atoms with van der Waals surface area (Å²) in [5.74, 6) is -0.977. The van der Waals surface area contributed by atoms with Crippen molar-refractivity contribution < 1.29 is 26.4 Å². The van der Waals surface area contributed by atoms with Crippen LogP contribution in [-0.4, -0.2) is 93.4 Å².